The Bertz CT molecular complexity index is 802. The van der Waals surface area contributed by atoms with E-state index in [2.05, 4.69) is 36.2 Å². The second-order valence-electron chi connectivity index (χ2n) is 9.40. The summed E-state index contributed by atoms with van der Waals surface area (Å²) in [5.41, 5.74) is 8.61. The van der Waals surface area contributed by atoms with E-state index in [1.165, 1.54) is 70.2 Å². The SMILES string of the molecule is CN1CCC2(CC1)CC(OC(N)=O)C2.Fc1ccccc1.c1ccc2c(c1)CCCCC2. The number of halogens is 1. The number of nitrogens with two attached hydrogens (primary N) is 1. The number of benzene rings is 2. The van der Waals surface area contributed by atoms with Crippen LogP contribution in [0.5, 0.6) is 0 Å². The Morgan fingerprint density at radius 1 is 0.938 bits per heavy atom. The molecule has 4 nitrogen and oxygen atoms in total. The number of rotatable bonds is 1. The van der Waals surface area contributed by atoms with E-state index in [1.807, 2.05) is 0 Å². The highest BCUT2D eigenvalue weighted by molar-refractivity contribution is 5.64. The zero-order valence-electron chi connectivity index (χ0n) is 19.3. The summed E-state index contributed by atoms with van der Waals surface area (Å²) in [6.45, 7) is 2.34. The maximum Gasteiger partial charge on any atom is 0.404 e. The summed E-state index contributed by atoms with van der Waals surface area (Å²) >= 11 is 0. The van der Waals surface area contributed by atoms with Gasteiger partial charge in [0.15, 0.2) is 0 Å². The van der Waals surface area contributed by atoms with Crippen LogP contribution < -0.4 is 5.73 Å². The molecule has 0 atom stereocenters. The predicted octanol–water partition coefficient (Wildman–Crippen LogP) is 5.74. The molecule has 5 heteroatoms. The van der Waals surface area contributed by atoms with Gasteiger partial charge in [0, 0.05) is 0 Å². The first kappa shape index (κ1) is 24.2. The van der Waals surface area contributed by atoms with Crippen molar-refractivity contribution >= 4 is 6.09 Å². The number of carbonyl (C=O) groups excluding carboxylic acids is 1. The largest absolute Gasteiger partial charge is 0.446 e. The highest BCUT2D eigenvalue weighted by Crippen LogP contribution is 2.50. The van der Waals surface area contributed by atoms with Crippen molar-refractivity contribution in [3.8, 4) is 0 Å². The van der Waals surface area contributed by atoms with Gasteiger partial charge in [-0.1, -0.05) is 48.9 Å². The molecule has 1 aliphatic heterocycles. The molecule has 2 aromatic rings. The van der Waals surface area contributed by atoms with E-state index in [0.717, 1.165) is 12.8 Å². The van der Waals surface area contributed by atoms with Crippen molar-refractivity contribution in [1.29, 1.82) is 0 Å². The normalized spacial score (nSPS) is 19.7. The van der Waals surface area contributed by atoms with E-state index in [4.69, 9.17) is 10.5 Å². The van der Waals surface area contributed by atoms with Gasteiger partial charge in [-0.15, -0.1) is 0 Å². The van der Waals surface area contributed by atoms with E-state index in [0.29, 0.717) is 5.41 Å². The Morgan fingerprint density at radius 3 is 1.94 bits per heavy atom. The summed E-state index contributed by atoms with van der Waals surface area (Å²) in [5, 5.41) is 0. The molecule has 174 valence electrons. The van der Waals surface area contributed by atoms with Gasteiger partial charge in [0.1, 0.15) is 11.9 Å². The van der Waals surface area contributed by atoms with Crippen molar-refractivity contribution in [1.82, 2.24) is 4.90 Å². The van der Waals surface area contributed by atoms with Crippen LogP contribution in [0.25, 0.3) is 0 Å². The van der Waals surface area contributed by atoms with Gasteiger partial charge < -0.3 is 15.4 Å². The summed E-state index contributed by atoms with van der Waals surface area (Å²) in [6.07, 6.45) is 10.8. The lowest BCUT2D eigenvalue weighted by Crippen LogP contribution is -2.49. The van der Waals surface area contributed by atoms with Crippen molar-refractivity contribution in [2.75, 3.05) is 20.1 Å². The lowest BCUT2D eigenvalue weighted by molar-refractivity contribution is -0.0686. The second kappa shape index (κ2) is 12.0. The number of hydrogen-bond acceptors (Lipinski definition) is 3. The summed E-state index contributed by atoms with van der Waals surface area (Å²) in [5.74, 6) is -0.178. The fourth-order valence-electron chi connectivity index (χ4n) is 4.92. The second-order valence-corrected chi connectivity index (χ2v) is 9.40. The number of hydrogen-bond donors (Lipinski definition) is 1. The highest BCUT2D eigenvalue weighted by atomic mass is 19.1. The van der Waals surface area contributed by atoms with Crippen LogP contribution in [0.1, 0.15) is 56.1 Å². The Hall–Kier alpha value is -2.40. The van der Waals surface area contributed by atoms with Gasteiger partial charge in [-0.05, 0) is 100 Å². The van der Waals surface area contributed by atoms with Gasteiger partial charge in [-0.25, -0.2) is 9.18 Å². The Labute approximate surface area is 191 Å². The zero-order valence-corrected chi connectivity index (χ0v) is 19.3. The average Bonchev–Trinajstić information content (AvgIpc) is 3.01. The van der Waals surface area contributed by atoms with Crippen LogP contribution in [0.3, 0.4) is 0 Å². The summed E-state index contributed by atoms with van der Waals surface area (Å²) < 4.78 is 16.9. The molecule has 0 bridgehead atoms. The predicted molar refractivity (Wildman–Crippen MR) is 127 cm³/mol. The fourth-order valence-corrected chi connectivity index (χ4v) is 4.92. The molecule has 5 rings (SSSR count). The number of carbonyl (C=O) groups is 1. The third-order valence-electron chi connectivity index (χ3n) is 6.90. The number of aryl methyl sites for hydroxylation is 2. The first-order valence-corrected chi connectivity index (χ1v) is 11.9. The number of likely N-dealkylation sites (tertiary alicyclic amines) is 1. The molecule has 2 aromatic carbocycles. The first-order valence-electron chi connectivity index (χ1n) is 11.9. The van der Waals surface area contributed by atoms with Crippen molar-refractivity contribution in [2.45, 2.75) is 63.9 Å². The fraction of sp³-hybridized carbons (Fsp3) is 0.519. The molecule has 2 N–H and O–H groups in total. The van der Waals surface area contributed by atoms with Crippen LogP contribution in [-0.2, 0) is 17.6 Å². The van der Waals surface area contributed by atoms with Crippen LogP contribution in [0.4, 0.5) is 9.18 Å². The van der Waals surface area contributed by atoms with Crippen molar-refractivity contribution < 1.29 is 13.9 Å². The molecule has 1 amide bonds. The van der Waals surface area contributed by atoms with Gasteiger partial charge in [0.05, 0.1) is 0 Å². The van der Waals surface area contributed by atoms with Crippen LogP contribution >= 0.6 is 0 Å². The molecule has 0 aromatic heterocycles. The van der Waals surface area contributed by atoms with E-state index >= 15 is 0 Å². The first-order chi connectivity index (χ1) is 15.5. The lowest BCUT2D eigenvalue weighted by Gasteiger charge is -2.50. The number of fused-ring (bicyclic) bond motifs is 1. The van der Waals surface area contributed by atoms with Crippen LogP contribution in [0.2, 0.25) is 0 Å². The maximum atomic E-state index is 11.9. The van der Waals surface area contributed by atoms with Crippen LogP contribution in [0.15, 0.2) is 54.6 Å². The minimum Gasteiger partial charge on any atom is -0.446 e. The molecular formula is C27H37FN2O2. The molecule has 1 spiro atoms. The quantitative estimate of drug-likeness (QED) is 0.576. The maximum absolute atomic E-state index is 11.9. The molecule has 2 fully saturated rings. The minimum absolute atomic E-state index is 0.0934. The molecule has 3 aliphatic rings. The monoisotopic (exact) mass is 440 g/mol. The van der Waals surface area contributed by atoms with E-state index in [-0.39, 0.29) is 11.9 Å². The Morgan fingerprint density at radius 2 is 1.47 bits per heavy atom. The number of nitrogens with zero attached hydrogens (tertiary/aromatic N) is 1. The number of piperidine rings is 1. The van der Waals surface area contributed by atoms with E-state index < -0.39 is 6.09 Å². The molecule has 1 saturated carbocycles. The van der Waals surface area contributed by atoms with Crippen molar-refractivity contribution in [3.05, 3.63) is 71.5 Å². The minimum atomic E-state index is -0.627. The number of ether oxygens (including phenoxy) is 1. The van der Waals surface area contributed by atoms with Gasteiger partial charge >= 0.3 is 6.09 Å². The van der Waals surface area contributed by atoms with Gasteiger partial charge in [0.25, 0.3) is 0 Å². The average molecular weight is 441 g/mol. The topological polar surface area (TPSA) is 55.6 Å². The Kier molecular flexibility index (Phi) is 9.10. The van der Waals surface area contributed by atoms with Crippen LogP contribution in [-0.4, -0.2) is 37.2 Å². The van der Waals surface area contributed by atoms with Gasteiger partial charge in [-0.3, -0.25) is 0 Å². The van der Waals surface area contributed by atoms with E-state index in [1.54, 1.807) is 29.3 Å². The van der Waals surface area contributed by atoms with Crippen molar-refractivity contribution in [2.24, 2.45) is 11.1 Å². The molecule has 0 radical (unpaired) electrons. The van der Waals surface area contributed by atoms with Gasteiger partial charge in [-0.2, -0.15) is 0 Å². The third kappa shape index (κ3) is 7.63. The molecule has 1 heterocycles. The Balaban J connectivity index is 0.000000143. The van der Waals surface area contributed by atoms with Crippen molar-refractivity contribution in [3.63, 3.8) is 0 Å². The zero-order chi connectivity index (χ0) is 22.8. The molecule has 1 saturated heterocycles. The summed E-state index contributed by atoms with van der Waals surface area (Å²) in [4.78, 5) is 12.9. The van der Waals surface area contributed by atoms with Crippen LogP contribution in [0, 0.1) is 11.2 Å². The highest BCUT2D eigenvalue weighted by Gasteiger charge is 2.46. The standard InChI is InChI=1S/C11H14.C10H18N2O2.C6H5F/c1-2-6-10-8-4-5-9-11(10)7-3-1;1-12-4-2-10(3-5-12)6-8(7-10)14-9(11)13;7-6-4-2-1-3-5-6/h4-5,8-9H,1-3,6-7H2;8H,2-7H2,1H3,(H2,11,13);1-5H. The number of primary amides is 1. The smallest absolute Gasteiger partial charge is 0.404 e. The molecule has 32 heavy (non-hydrogen) atoms. The summed E-state index contributed by atoms with van der Waals surface area (Å²) in [6, 6.07) is 16.8. The van der Waals surface area contributed by atoms with E-state index in [9.17, 15) is 9.18 Å². The molecule has 2 aliphatic carbocycles. The third-order valence-corrected chi connectivity index (χ3v) is 6.90. The molecule has 0 unspecified atom stereocenters. The number of amides is 1. The van der Waals surface area contributed by atoms with Gasteiger partial charge in [0.2, 0.25) is 0 Å². The summed E-state index contributed by atoms with van der Waals surface area (Å²) in [7, 11) is 2.16. The lowest BCUT2D eigenvalue weighted by atomic mass is 9.61. The molecular weight excluding hydrogens is 403 g/mol.